The number of aliphatic hydroxyl groups is 1. The van der Waals surface area contributed by atoms with E-state index in [0.717, 1.165) is 11.1 Å². The van der Waals surface area contributed by atoms with Gasteiger partial charge in [0.25, 0.3) is 6.01 Å². The van der Waals surface area contributed by atoms with Crippen LogP contribution < -0.4 is 4.74 Å². The Bertz CT molecular complexity index is 1570. The summed E-state index contributed by atoms with van der Waals surface area (Å²) in [7, 11) is -2.22. The Labute approximate surface area is 212 Å². The smallest absolute Gasteiger partial charge is 0.296 e. The molecule has 9 nitrogen and oxygen atoms in total. The molecular formula is C26H25FN4O5S. The van der Waals surface area contributed by atoms with Crippen molar-refractivity contribution in [2.45, 2.75) is 24.4 Å². The maximum absolute atomic E-state index is 15.0. The number of benzene rings is 2. The van der Waals surface area contributed by atoms with E-state index in [-0.39, 0.29) is 31.0 Å². The summed E-state index contributed by atoms with van der Waals surface area (Å²) in [6.07, 6.45) is 1.28. The quantitative estimate of drug-likeness (QED) is 0.409. The van der Waals surface area contributed by atoms with E-state index in [9.17, 15) is 13.7 Å². The molecule has 0 spiro atoms. The molecule has 2 aliphatic rings. The number of hydrogen-bond acceptors (Lipinski definition) is 8. The topological polar surface area (TPSA) is 119 Å². The maximum atomic E-state index is 15.0. The van der Waals surface area contributed by atoms with Crippen molar-refractivity contribution >= 4 is 26.6 Å². The maximum Gasteiger partial charge on any atom is 0.296 e. The fourth-order valence-electron chi connectivity index (χ4n) is 4.63. The van der Waals surface area contributed by atoms with Gasteiger partial charge < -0.3 is 24.3 Å². The van der Waals surface area contributed by atoms with Crippen molar-refractivity contribution in [3.63, 3.8) is 0 Å². The Morgan fingerprint density at radius 1 is 1.00 bits per heavy atom. The third-order valence-electron chi connectivity index (χ3n) is 6.33. The van der Waals surface area contributed by atoms with Crippen molar-refractivity contribution in [2.75, 3.05) is 25.7 Å². The van der Waals surface area contributed by atoms with Gasteiger partial charge in [-0.05, 0) is 23.3 Å². The predicted molar refractivity (Wildman–Crippen MR) is 137 cm³/mol. The molecular weight excluding hydrogens is 499 g/mol. The lowest BCUT2D eigenvalue weighted by Gasteiger charge is -2.15. The van der Waals surface area contributed by atoms with Crippen molar-refractivity contribution in [2.24, 2.45) is 4.36 Å². The second-order valence-corrected chi connectivity index (χ2v) is 12.0. The number of nitrogens with zero attached hydrogens (tertiary/aromatic N) is 3. The lowest BCUT2D eigenvalue weighted by molar-refractivity contribution is 0.00706. The Balaban J connectivity index is 1.22. The van der Waals surface area contributed by atoms with Crippen LogP contribution in [0, 0.1) is 5.82 Å². The van der Waals surface area contributed by atoms with E-state index in [0.29, 0.717) is 22.4 Å². The summed E-state index contributed by atoms with van der Waals surface area (Å²) in [4.78, 5) is 11.8. The molecule has 2 aromatic carbocycles. The van der Waals surface area contributed by atoms with Gasteiger partial charge >= 0.3 is 0 Å². The number of ether oxygens (including phenoxy) is 3. The highest BCUT2D eigenvalue weighted by Gasteiger charge is 2.48. The molecule has 0 aliphatic carbocycles. The van der Waals surface area contributed by atoms with Crippen LogP contribution in [0.15, 0.2) is 59.0 Å². The number of aliphatic hydroxyl groups excluding tert-OH is 1. The number of H-pyrrole nitrogens is 1. The Kier molecular flexibility index (Phi) is 5.95. The van der Waals surface area contributed by atoms with Crippen LogP contribution in [-0.4, -0.2) is 74.4 Å². The monoisotopic (exact) mass is 524 g/mol. The van der Waals surface area contributed by atoms with Gasteiger partial charge in [0.05, 0.1) is 24.4 Å². The van der Waals surface area contributed by atoms with E-state index >= 15 is 0 Å². The zero-order chi connectivity index (χ0) is 25.7. The molecule has 0 amide bonds. The Hall–Kier alpha value is -3.38. The molecule has 2 fully saturated rings. The number of aromatic nitrogens is 3. The average molecular weight is 525 g/mol. The fraction of sp³-hybridized carbons (Fsp3) is 0.308. The summed E-state index contributed by atoms with van der Waals surface area (Å²) >= 11 is 0. The minimum atomic E-state index is -2.22. The summed E-state index contributed by atoms with van der Waals surface area (Å²) < 4.78 is 48.1. The minimum Gasteiger partial charge on any atom is -0.456 e. The summed E-state index contributed by atoms with van der Waals surface area (Å²) in [6, 6.07) is 16.4. The first-order valence-corrected chi connectivity index (χ1v) is 14.1. The third kappa shape index (κ3) is 4.82. The first-order chi connectivity index (χ1) is 17.7. The van der Waals surface area contributed by atoms with E-state index in [1.807, 2.05) is 36.4 Å². The van der Waals surface area contributed by atoms with E-state index in [1.165, 1.54) is 6.07 Å². The Morgan fingerprint density at radius 3 is 2.35 bits per heavy atom. The second-order valence-electron chi connectivity index (χ2n) is 9.45. The van der Waals surface area contributed by atoms with Crippen molar-refractivity contribution in [3.8, 4) is 28.4 Å². The Morgan fingerprint density at radius 2 is 1.65 bits per heavy atom. The SMILES string of the molecule is CS(C)(=O)=Nc1ccc(-c2ccc(-c3nc4nc(O[C@@H]5CO[C@H]6[C@@H]5OC[C@H]6O)[nH]c4cc3F)cc2)cc1. The average Bonchev–Trinajstić information content (AvgIpc) is 3.55. The molecule has 0 saturated carbocycles. The second kappa shape index (κ2) is 9.18. The summed E-state index contributed by atoms with van der Waals surface area (Å²) in [5, 5.41) is 9.90. The van der Waals surface area contributed by atoms with Gasteiger partial charge in [-0.2, -0.15) is 9.35 Å². The molecule has 192 valence electrons. The van der Waals surface area contributed by atoms with E-state index in [4.69, 9.17) is 14.2 Å². The number of hydrogen-bond donors (Lipinski definition) is 2. The molecule has 0 radical (unpaired) electrons. The van der Waals surface area contributed by atoms with Gasteiger partial charge in [-0.1, -0.05) is 36.4 Å². The van der Waals surface area contributed by atoms with Crippen LogP contribution in [0.4, 0.5) is 10.1 Å². The highest BCUT2D eigenvalue weighted by Crippen LogP contribution is 2.31. The van der Waals surface area contributed by atoms with Gasteiger partial charge in [-0.3, -0.25) is 0 Å². The van der Waals surface area contributed by atoms with Crippen molar-refractivity contribution in [1.82, 2.24) is 15.0 Å². The van der Waals surface area contributed by atoms with Crippen molar-refractivity contribution in [1.29, 1.82) is 0 Å². The van der Waals surface area contributed by atoms with Gasteiger partial charge in [0.15, 0.2) is 17.6 Å². The van der Waals surface area contributed by atoms with E-state index < -0.39 is 33.9 Å². The molecule has 0 bridgehead atoms. The molecule has 0 unspecified atom stereocenters. The van der Waals surface area contributed by atoms with Gasteiger partial charge in [0.1, 0.15) is 24.0 Å². The number of nitrogens with one attached hydrogen (secondary N) is 1. The minimum absolute atomic E-state index is 0.179. The van der Waals surface area contributed by atoms with Crippen LogP contribution in [0.1, 0.15) is 0 Å². The highest BCUT2D eigenvalue weighted by molar-refractivity contribution is 7.92. The molecule has 6 rings (SSSR count). The summed E-state index contributed by atoms with van der Waals surface area (Å²) in [6.45, 7) is 0.462. The first kappa shape index (κ1) is 24.0. The number of aromatic amines is 1. The third-order valence-corrected chi connectivity index (χ3v) is 6.98. The number of fused-ring (bicyclic) bond motifs is 2. The van der Waals surface area contributed by atoms with Crippen LogP contribution in [-0.2, 0) is 19.2 Å². The zero-order valence-electron chi connectivity index (χ0n) is 20.1. The molecule has 4 heterocycles. The molecule has 37 heavy (non-hydrogen) atoms. The zero-order valence-corrected chi connectivity index (χ0v) is 20.9. The number of rotatable bonds is 5. The molecule has 2 aliphatic heterocycles. The normalized spacial score (nSPS) is 23.4. The molecule has 4 aromatic rings. The molecule has 2 N–H and O–H groups in total. The molecule has 2 aromatic heterocycles. The van der Waals surface area contributed by atoms with Crippen molar-refractivity contribution < 1.29 is 27.9 Å². The summed E-state index contributed by atoms with van der Waals surface area (Å²) in [5.41, 5.74) is 4.07. The van der Waals surface area contributed by atoms with Crippen LogP contribution in [0.5, 0.6) is 6.01 Å². The number of imidazole rings is 1. The van der Waals surface area contributed by atoms with Crippen molar-refractivity contribution in [3.05, 3.63) is 60.4 Å². The number of pyridine rings is 1. The summed E-state index contributed by atoms with van der Waals surface area (Å²) in [5.74, 6) is -0.490. The lowest BCUT2D eigenvalue weighted by atomic mass is 10.0. The van der Waals surface area contributed by atoms with Gasteiger partial charge in [0.2, 0.25) is 0 Å². The van der Waals surface area contributed by atoms with Crippen LogP contribution in [0.25, 0.3) is 33.5 Å². The lowest BCUT2D eigenvalue weighted by Crippen LogP contribution is -2.34. The molecule has 4 atom stereocenters. The predicted octanol–water partition coefficient (Wildman–Crippen LogP) is 3.70. The highest BCUT2D eigenvalue weighted by atomic mass is 32.2. The number of halogens is 1. The van der Waals surface area contributed by atoms with E-state index in [1.54, 1.807) is 24.6 Å². The van der Waals surface area contributed by atoms with Gasteiger partial charge in [-0.25, -0.2) is 13.6 Å². The van der Waals surface area contributed by atoms with Crippen LogP contribution >= 0.6 is 0 Å². The van der Waals surface area contributed by atoms with Crippen LogP contribution in [0.3, 0.4) is 0 Å². The van der Waals surface area contributed by atoms with Gasteiger partial charge in [0, 0.05) is 33.9 Å². The van der Waals surface area contributed by atoms with Gasteiger partial charge in [-0.15, -0.1) is 0 Å². The fourth-order valence-corrected chi connectivity index (χ4v) is 5.26. The van der Waals surface area contributed by atoms with Crippen LogP contribution in [0.2, 0.25) is 0 Å². The largest absolute Gasteiger partial charge is 0.456 e. The molecule has 2 saturated heterocycles. The standard InChI is InChI=1S/C26H25FN4O5S/c1-37(2,33)31-17-9-7-15(8-10-17)14-3-5-16(6-4-14)22-18(27)11-19-25(29-22)30-26(28-19)36-21-13-35-23-20(32)12-34-24(21)23/h3-11,20-21,23-24,32H,12-13H2,1-2H3,(H,28,29,30)/t20-,21-,23-,24-/m1/s1. The first-order valence-electron chi connectivity index (χ1n) is 11.8. The molecule has 11 heteroatoms. The van der Waals surface area contributed by atoms with E-state index in [2.05, 4.69) is 19.3 Å².